The van der Waals surface area contributed by atoms with Crippen LogP contribution in [0.1, 0.15) is 46.7 Å². The number of amides is 2. The zero-order valence-corrected chi connectivity index (χ0v) is 16.8. The number of halogens is 1. The molecule has 0 radical (unpaired) electrons. The summed E-state index contributed by atoms with van der Waals surface area (Å²) in [7, 11) is 0. The fraction of sp³-hybridized carbons (Fsp3) is 0.400. The number of furan rings is 1. The minimum Gasteiger partial charge on any atom is -0.444 e. The van der Waals surface area contributed by atoms with Crippen molar-refractivity contribution in [1.29, 1.82) is 0 Å². The van der Waals surface area contributed by atoms with E-state index in [4.69, 9.17) is 4.42 Å². The maximum Gasteiger partial charge on any atom is 0.291 e. The van der Waals surface area contributed by atoms with Crippen LogP contribution in [-0.4, -0.2) is 29.8 Å². The minimum absolute atomic E-state index is 0.0136. The lowest BCUT2D eigenvalue weighted by Crippen LogP contribution is -2.42. The summed E-state index contributed by atoms with van der Waals surface area (Å²) in [6, 6.07) is 8.69. The molecule has 3 rings (SSSR count). The van der Waals surface area contributed by atoms with Gasteiger partial charge in [0.1, 0.15) is 0 Å². The Labute approximate surface area is 161 Å². The van der Waals surface area contributed by atoms with Gasteiger partial charge in [-0.3, -0.25) is 9.59 Å². The fourth-order valence-electron chi connectivity index (χ4n) is 3.52. The van der Waals surface area contributed by atoms with E-state index in [1.807, 2.05) is 24.0 Å². The second-order valence-electron chi connectivity index (χ2n) is 7.24. The monoisotopic (exact) mass is 418 g/mol. The van der Waals surface area contributed by atoms with Crippen LogP contribution < -0.4 is 5.32 Å². The van der Waals surface area contributed by atoms with Crippen LogP contribution in [0.5, 0.6) is 0 Å². The molecule has 0 bridgehead atoms. The van der Waals surface area contributed by atoms with Crippen LogP contribution in [0.3, 0.4) is 0 Å². The number of anilines is 1. The number of hydrogen-bond acceptors (Lipinski definition) is 3. The molecule has 2 aromatic rings. The predicted molar refractivity (Wildman–Crippen MR) is 104 cm³/mol. The third-order valence-electron chi connectivity index (χ3n) is 4.69. The van der Waals surface area contributed by atoms with E-state index in [0.29, 0.717) is 27.8 Å². The van der Waals surface area contributed by atoms with Gasteiger partial charge in [0.15, 0.2) is 10.4 Å². The molecule has 5 nitrogen and oxygen atoms in total. The van der Waals surface area contributed by atoms with Gasteiger partial charge in [-0.1, -0.05) is 19.9 Å². The summed E-state index contributed by atoms with van der Waals surface area (Å²) in [5.41, 5.74) is 2.10. The zero-order valence-electron chi connectivity index (χ0n) is 15.2. The maximum atomic E-state index is 12.9. The van der Waals surface area contributed by atoms with Crippen LogP contribution in [0.4, 0.5) is 5.69 Å². The van der Waals surface area contributed by atoms with Crippen molar-refractivity contribution in [3.63, 3.8) is 0 Å². The number of carbonyl (C=O) groups excluding carboxylic acids is 2. The number of benzene rings is 1. The van der Waals surface area contributed by atoms with E-state index in [0.717, 1.165) is 25.1 Å². The summed E-state index contributed by atoms with van der Waals surface area (Å²) in [4.78, 5) is 27.1. The largest absolute Gasteiger partial charge is 0.444 e. The molecular weight excluding hydrogens is 396 g/mol. The lowest BCUT2D eigenvalue weighted by atomic mass is 9.91. The molecule has 26 heavy (non-hydrogen) atoms. The fourth-order valence-corrected chi connectivity index (χ4v) is 3.83. The molecule has 1 aliphatic heterocycles. The molecule has 1 aromatic carbocycles. The van der Waals surface area contributed by atoms with Crippen molar-refractivity contribution in [3.8, 4) is 0 Å². The Balaban J connectivity index is 1.78. The number of rotatable bonds is 3. The molecule has 2 unspecified atom stereocenters. The summed E-state index contributed by atoms with van der Waals surface area (Å²) < 4.78 is 5.78. The SMILES string of the molecule is Cc1ccc(C(=O)N2CC(C)CC(C)C2)cc1NC(=O)c1ccc(Br)o1. The molecule has 6 heteroatoms. The van der Waals surface area contributed by atoms with E-state index in [9.17, 15) is 9.59 Å². The van der Waals surface area contributed by atoms with Gasteiger partial charge in [0.2, 0.25) is 0 Å². The van der Waals surface area contributed by atoms with Crippen molar-refractivity contribution in [2.75, 3.05) is 18.4 Å². The van der Waals surface area contributed by atoms with Crippen molar-refractivity contribution in [3.05, 3.63) is 51.9 Å². The van der Waals surface area contributed by atoms with Gasteiger partial charge in [-0.15, -0.1) is 0 Å². The van der Waals surface area contributed by atoms with Gasteiger partial charge in [-0.05, 0) is 70.9 Å². The molecule has 1 saturated heterocycles. The second kappa shape index (κ2) is 7.66. The predicted octanol–water partition coefficient (Wildman–Crippen LogP) is 4.72. The Hall–Kier alpha value is -2.08. The van der Waals surface area contributed by atoms with Crippen LogP contribution in [0, 0.1) is 18.8 Å². The van der Waals surface area contributed by atoms with Crippen LogP contribution in [0.25, 0.3) is 0 Å². The van der Waals surface area contributed by atoms with Gasteiger partial charge in [-0.25, -0.2) is 0 Å². The standard InChI is InChI=1S/C20H23BrN2O3/c1-12-8-13(2)11-23(10-12)20(25)15-5-4-14(3)16(9-15)22-19(24)17-6-7-18(21)26-17/h4-7,9,12-13H,8,10-11H2,1-3H3,(H,22,24). The second-order valence-corrected chi connectivity index (χ2v) is 8.03. The summed E-state index contributed by atoms with van der Waals surface area (Å²) in [5, 5.41) is 2.83. The molecule has 2 heterocycles. The summed E-state index contributed by atoms with van der Waals surface area (Å²) in [5.74, 6) is 0.893. The maximum absolute atomic E-state index is 12.9. The quantitative estimate of drug-likeness (QED) is 0.783. The van der Waals surface area contributed by atoms with Crippen LogP contribution in [0.15, 0.2) is 39.4 Å². The van der Waals surface area contributed by atoms with Crippen LogP contribution >= 0.6 is 15.9 Å². The van der Waals surface area contributed by atoms with Crippen molar-refractivity contribution >= 4 is 33.4 Å². The van der Waals surface area contributed by atoms with Crippen molar-refractivity contribution < 1.29 is 14.0 Å². The number of hydrogen-bond donors (Lipinski definition) is 1. The first kappa shape index (κ1) is 18.7. The smallest absolute Gasteiger partial charge is 0.291 e. The molecule has 138 valence electrons. The highest BCUT2D eigenvalue weighted by atomic mass is 79.9. The molecule has 1 aromatic heterocycles. The highest BCUT2D eigenvalue weighted by Crippen LogP contribution is 2.25. The molecule has 0 spiro atoms. The molecule has 2 amide bonds. The number of carbonyl (C=O) groups is 2. The Kier molecular flexibility index (Phi) is 5.51. The average Bonchev–Trinajstić information content (AvgIpc) is 3.02. The highest BCUT2D eigenvalue weighted by molar-refractivity contribution is 9.10. The number of nitrogens with zero attached hydrogens (tertiary/aromatic N) is 1. The molecular formula is C20H23BrN2O3. The average molecular weight is 419 g/mol. The van der Waals surface area contributed by atoms with E-state index in [1.165, 1.54) is 0 Å². The number of likely N-dealkylation sites (tertiary alicyclic amines) is 1. The van der Waals surface area contributed by atoms with E-state index in [1.54, 1.807) is 18.2 Å². The van der Waals surface area contributed by atoms with Crippen molar-refractivity contribution in [2.24, 2.45) is 11.8 Å². The van der Waals surface area contributed by atoms with E-state index in [-0.39, 0.29) is 17.6 Å². The first-order chi connectivity index (χ1) is 12.3. The molecule has 1 fully saturated rings. The number of nitrogens with one attached hydrogen (secondary N) is 1. The van der Waals surface area contributed by atoms with Gasteiger partial charge in [0, 0.05) is 24.3 Å². The Bertz CT molecular complexity index is 820. The van der Waals surface area contributed by atoms with Crippen molar-refractivity contribution in [2.45, 2.75) is 27.2 Å². The summed E-state index contributed by atoms with van der Waals surface area (Å²) in [6.07, 6.45) is 1.15. The first-order valence-corrected chi connectivity index (χ1v) is 9.59. The molecule has 0 aliphatic carbocycles. The third kappa shape index (κ3) is 4.18. The van der Waals surface area contributed by atoms with E-state index in [2.05, 4.69) is 35.1 Å². The number of aryl methyl sites for hydroxylation is 1. The lowest BCUT2D eigenvalue weighted by Gasteiger charge is -2.35. The van der Waals surface area contributed by atoms with Gasteiger partial charge >= 0.3 is 0 Å². The molecule has 1 aliphatic rings. The highest BCUT2D eigenvalue weighted by Gasteiger charge is 2.26. The van der Waals surface area contributed by atoms with Crippen molar-refractivity contribution in [1.82, 2.24) is 4.90 Å². The van der Waals surface area contributed by atoms with Gasteiger partial charge < -0.3 is 14.6 Å². The molecule has 2 atom stereocenters. The topological polar surface area (TPSA) is 62.6 Å². The molecule has 1 N–H and O–H groups in total. The summed E-state index contributed by atoms with van der Waals surface area (Å²) >= 11 is 3.19. The van der Waals surface area contributed by atoms with E-state index >= 15 is 0 Å². The molecule has 0 saturated carbocycles. The lowest BCUT2D eigenvalue weighted by molar-refractivity contribution is 0.0623. The van der Waals surface area contributed by atoms with Gasteiger partial charge in [0.25, 0.3) is 11.8 Å². The van der Waals surface area contributed by atoms with E-state index < -0.39 is 0 Å². The minimum atomic E-state index is -0.344. The normalized spacial score (nSPS) is 20.1. The van der Waals surface area contributed by atoms with Gasteiger partial charge in [0.05, 0.1) is 0 Å². The summed E-state index contributed by atoms with van der Waals surface area (Å²) in [6.45, 7) is 7.81. The Morgan fingerprint density at radius 3 is 2.46 bits per heavy atom. The van der Waals surface area contributed by atoms with Gasteiger partial charge in [-0.2, -0.15) is 0 Å². The first-order valence-electron chi connectivity index (χ1n) is 8.80. The van der Waals surface area contributed by atoms with Crippen LogP contribution in [-0.2, 0) is 0 Å². The number of piperidine rings is 1. The Morgan fingerprint density at radius 1 is 1.15 bits per heavy atom. The van der Waals surface area contributed by atoms with Crippen LogP contribution in [0.2, 0.25) is 0 Å². The third-order valence-corrected chi connectivity index (χ3v) is 5.11. The zero-order chi connectivity index (χ0) is 18.8. The Morgan fingerprint density at radius 2 is 1.85 bits per heavy atom.